The molecule has 0 aromatic carbocycles. The van der Waals surface area contributed by atoms with Crippen molar-refractivity contribution in [2.45, 2.75) is 82.0 Å². The molecule has 0 amide bonds. The second kappa shape index (κ2) is 6.14. The number of carbonyl (C=O) groups is 2. The van der Waals surface area contributed by atoms with Gasteiger partial charge in [-0.2, -0.15) is 0 Å². The average Bonchev–Trinajstić information content (AvgIpc) is 3.21. The van der Waals surface area contributed by atoms with Crippen molar-refractivity contribution >= 4 is 12.3 Å². The number of aliphatic hydroxyl groups is 3. The largest absolute Gasteiger partial charge is 0.458 e. The van der Waals surface area contributed by atoms with Gasteiger partial charge in [0.05, 0.1) is 22.7 Å². The normalized spacial score (nSPS) is 54.1. The number of cyclic esters (lactones) is 1. The van der Waals surface area contributed by atoms with Crippen molar-refractivity contribution in [3.8, 4) is 0 Å². The summed E-state index contributed by atoms with van der Waals surface area (Å²) in [7, 11) is 0. The zero-order chi connectivity index (χ0) is 20.7. The van der Waals surface area contributed by atoms with E-state index in [1.807, 2.05) is 0 Å². The van der Waals surface area contributed by atoms with E-state index in [4.69, 9.17) is 4.74 Å². The van der Waals surface area contributed by atoms with Gasteiger partial charge in [0, 0.05) is 17.9 Å². The molecule has 0 unspecified atom stereocenters. The zero-order valence-corrected chi connectivity index (χ0v) is 17.1. The standard InChI is InChI=1S/C23H32O6/c1-20-6-3-17-18(4-8-22(27)11-15(25)2-7-21(17,22)13-24)23(20,28)9-5-16(20)14-10-19(26)29-12-14/h10,13,15-18,25,27-28H,2-9,11-12H2,1H3/t15-,16-,17-,18-,20-,21-,22-,23-/m1/s1. The third-order valence-electron chi connectivity index (χ3n) is 9.85. The van der Waals surface area contributed by atoms with Crippen LogP contribution in [0.2, 0.25) is 0 Å². The Bertz CT molecular complexity index is 777. The summed E-state index contributed by atoms with van der Waals surface area (Å²) in [6, 6.07) is 0. The van der Waals surface area contributed by atoms with Crippen LogP contribution in [0, 0.1) is 28.6 Å². The van der Waals surface area contributed by atoms with E-state index in [-0.39, 0.29) is 35.6 Å². The fourth-order valence-corrected chi connectivity index (χ4v) is 8.34. The van der Waals surface area contributed by atoms with E-state index < -0.39 is 22.7 Å². The van der Waals surface area contributed by atoms with Crippen LogP contribution in [0.4, 0.5) is 0 Å². The van der Waals surface area contributed by atoms with Crippen molar-refractivity contribution in [2.24, 2.45) is 28.6 Å². The van der Waals surface area contributed by atoms with E-state index in [1.165, 1.54) is 0 Å². The van der Waals surface area contributed by atoms with Gasteiger partial charge < -0.3 is 24.9 Å². The lowest BCUT2D eigenvalue weighted by Crippen LogP contribution is -2.68. The number of carbonyl (C=O) groups excluding carboxylic acids is 2. The summed E-state index contributed by atoms with van der Waals surface area (Å²) in [4.78, 5) is 24.1. The van der Waals surface area contributed by atoms with E-state index >= 15 is 0 Å². The lowest BCUT2D eigenvalue weighted by molar-refractivity contribution is -0.248. The fraction of sp³-hybridized carbons (Fsp3) is 0.826. The zero-order valence-electron chi connectivity index (χ0n) is 17.1. The number of aldehydes is 1. The van der Waals surface area contributed by atoms with Gasteiger partial charge in [-0.3, -0.25) is 0 Å². The van der Waals surface area contributed by atoms with Crippen LogP contribution in [0.25, 0.3) is 0 Å². The molecule has 0 radical (unpaired) electrons. The Morgan fingerprint density at radius 2 is 1.83 bits per heavy atom. The molecule has 29 heavy (non-hydrogen) atoms. The molecule has 4 saturated carbocycles. The van der Waals surface area contributed by atoms with Crippen molar-refractivity contribution in [3.63, 3.8) is 0 Å². The van der Waals surface area contributed by atoms with Gasteiger partial charge >= 0.3 is 5.97 Å². The minimum absolute atomic E-state index is 0.0504. The molecule has 1 heterocycles. The Labute approximate surface area is 171 Å². The molecule has 6 heteroatoms. The molecule has 8 atom stereocenters. The predicted molar refractivity (Wildman–Crippen MR) is 104 cm³/mol. The van der Waals surface area contributed by atoms with Crippen LogP contribution in [0.3, 0.4) is 0 Å². The minimum atomic E-state index is -1.18. The van der Waals surface area contributed by atoms with Gasteiger partial charge in [-0.1, -0.05) is 6.92 Å². The smallest absolute Gasteiger partial charge is 0.331 e. The number of aliphatic hydroxyl groups excluding tert-OH is 1. The van der Waals surface area contributed by atoms with Gasteiger partial charge in [0.15, 0.2) is 0 Å². The molecule has 0 saturated heterocycles. The maximum atomic E-state index is 12.5. The molecule has 5 aliphatic rings. The molecule has 160 valence electrons. The summed E-state index contributed by atoms with van der Waals surface area (Å²) in [5.74, 6) is -0.304. The van der Waals surface area contributed by atoms with Gasteiger partial charge in [-0.25, -0.2) is 4.79 Å². The summed E-state index contributed by atoms with van der Waals surface area (Å²) in [5.41, 5.74) is -2.34. The van der Waals surface area contributed by atoms with Gasteiger partial charge in [0.2, 0.25) is 0 Å². The Kier molecular flexibility index (Phi) is 4.18. The molecule has 0 bridgehead atoms. The molecular formula is C23H32O6. The maximum absolute atomic E-state index is 12.5. The Hall–Kier alpha value is -1.24. The Balaban J connectivity index is 1.52. The molecule has 0 aromatic rings. The van der Waals surface area contributed by atoms with E-state index in [1.54, 1.807) is 6.08 Å². The number of fused-ring (bicyclic) bond motifs is 5. The topological polar surface area (TPSA) is 104 Å². The molecule has 5 rings (SSSR count). The minimum Gasteiger partial charge on any atom is -0.458 e. The van der Waals surface area contributed by atoms with Crippen LogP contribution in [0.5, 0.6) is 0 Å². The molecule has 4 fully saturated rings. The third-order valence-corrected chi connectivity index (χ3v) is 9.85. The monoisotopic (exact) mass is 404 g/mol. The second-order valence-electron chi connectivity index (χ2n) is 10.6. The molecule has 0 spiro atoms. The highest BCUT2D eigenvalue weighted by Gasteiger charge is 2.71. The number of esters is 1. The Morgan fingerprint density at radius 3 is 2.52 bits per heavy atom. The predicted octanol–water partition coefficient (Wildman–Crippen LogP) is 1.90. The summed E-state index contributed by atoms with van der Waals surface area (Å²) in [5, 5.41) is 33.7. The number of rotatable bonds is 2. The first-order chi connectivity index (χ1) is 13.7. The highest BCUT2D eigenvalue weighted by atomic mass is 16.5. The molecule has 4 aliphatic carbocycles. The first kappa shape index (κ1) is 19.7. The highest BCUT2D eigenvalue weighted by Crippen LogP contribution is 2.70. The van der Waals surface area contributed by atoms with Crippen LogP contribution in [-0.2, 0) is 14.3 Å². The highest BCUT2D eigenvalue weighted by molar-refractivity contribution is 5.85. The van der Waals surface area contributed by atoms with Gasteiger partial charge in [-0.05, 0) is 74.7 Å². The van der Waals surface area contributed by atoms with Crippen LogP contribution < -0.4 is 0 Å². The van der Waals surface area contributed by atoms with Crippen molar-refractivity contribution in [3.05, 3.63) is 11.6 Å². The second-order valence-corrected chi connectivity index (χ2v) is 10.6. The van der Waals surface area contributed by atoms with Crippen LogP contribution in [0.1, 0.15) is 64.7 Å². The van der Waals surface area contributed by atoms with E-state index in [0.29, 0.717) is 38.7 Å². The first-order valence-electron chi connectivity index (χ1n) is 11.2. The van der Waals surface area contributed by atoms with Gasteiger partial charge in [0.1, 0.15) is 12.9 Å². The average molecular weight is 405 g/mol. The molecule has 6 nitrogen and oxygen atoms in total. The molecule has 1 aliphatic heterocycles. The summed E-state index contributed by atoms with van der Waals surface area (Å²) >= 11 is 0. The van der Waals surface area contributed by atoms with Crippen molar-refractivity contribution in [1.82, 2.24) is 0 Å². The summed E-state index contributed by atoms with van der Waals surface area (Å²) < 4.78 is 5.15. The summed E-state index contributed by atoms with van der Waals surface area (Å²) in [6.07, 6.45) is 7.36. The third kappa shape index (κ3) is 2.34. The lowest BCUT2D eigenvalue weighted by atomic mass is 9.41. The molecular weight excluding hydrogens is 372 g/mol. The van der Waals surface area contributed by atoms with Crippen LogP contribution in [0.15, 0.2) is 11.6 Å². The quantitative estimate of drug-likeness (QED) is 0.480. The van der Waals surface area contributed by atoms with Crippen LogP contribution in [-0.4, -0.2) is 51.5 Å². The number of hydrogen-bond donors (Lipinski definition) is 3. The van der Waals surface area contributed by atoms with Gasteiger partial charge in [-0.15, -0.1) is 0 Å². The van der Waals surface area contributed by atoms with Crippen LogP contribution >= 0.6 is 0 Å². The molecule has 0 aromatic heterocycles. The van der Waals surface area contributed by atoms with Crippen molar-refractivity contribution in [1.29, 1.82) is 0 Å². The summed E-state index contributed by atoms with van der Waals surface area (Å²) in [6.45, 7) is 2.46. The maximum Gasteiger partial charge on any atom is 0.331 e. The van der Waals surface area contributed by atoms with E-state index in [9.17, 15) is 24.9 Å². The number of hydrogen-bond acceptors (Lipinski definition) is 6. The van der Waals surface area contributed by atoms with E-state index in [2.05, 4.69) is 6.92 Å². The number of ether oxygens (including phenoxy) is 1. The van der Waals surface area contributed by atoms with Gasteiger partial charge in [0.25, 0.3) is 0 Å². The van der Waals surface area contributed by atoms with E-state index in [0.717, 1.165) is 31.1 Å². The first-order valence-corrected chi connectivity index (χ1v) is 11.2. The van der Waals surface area contributed by atoms with Crippen molar-refractivity contribution in [2.75, 3.05) is 6.61 Å². The SMILES string of the molecule is C[C@]12CC[C@@H]3[C@@H](CC[C@@]4(O)C[C@H](O)CC[C@@]34C=O)[C@]1(O)CC[C@@H]2C1=CC(=O)OC1. The molecule has 3 N–H and O–H groups in total. The lowest BCUT2D eigenvalue weighted by Gasteiger charge is -2.65. The van der Waals surface area contributed by atoms with Crippen molar-refractivity contribution < 1.29 is 29.6 Å². The fourth-order valence-electron chi connectivity index (χ4n) is 8.34. The Morgan fingerprint density at radius 1 is 1.07 bits per heavy atom.